The quantitative estimate of drug-likeness (QED) is 0.730. The number of aryl methyl sites for hydroxylation is 1. The number of rotatable bonds is 5. The van der Waals surface area contributed by atoms with E-state index in [1.165, 1.54) is 11.3 Å². The first-order valence-corrected chi connectivity index (χ1v) is 9.45. The molecule has 1 aromatic carbocycles. The van der Waals surface area contributed by atoms with Gasteiger partial charge in [-0.1, -0.05) is 29.9 Å². The molecule has 0 saturated heterocycles. The minimum Gasteiger partial charge on any atom is -0.377 e. The van der Waals surface area contributed by atoms with Gasteiger partial charge in [0.25, 0.3) is 0 Å². The van der Waals surface area contributed by atoms with E-state index in [0.29, 0.717) is 0 Å². The third-order valence-electron chi connectivity index (χ3n) is 2.34. The molecule has 15 heavy (non-hydrogen) atoms. The molecule has 0 heterocycles. The van der Waals surface area contributed by atoms with Gasteiger partial charge >= 0.3 is 12.3 Å². The summed E-state index contributed by atoms with van der Waals surface area (Å²) in [4.78, 5) is 2.14. The molecular weight excluding hydrogens is 244 g/mol. The average molecular weight is 260 g/mol. The van der Waals surface area contributed by atoms with Crippen LogP contribution in [0.1, 0.15) is 12.0 Å². The fourth-order valence-electron chi connectivity index (χ4n) is 1.61. The van der Waals surface area contributed by atoms with E-state index >= 15 is 0 Å². The second kappa shape index (κ2) is 6.66. The van der Waals surface area contributed by atoms with Crippen molar-refractivity contribution in [3.63, 3.8) is 0 Å². The van der Waals surface area contributed by atoms with Crippen LogP contribution in [0.3, 0.4) is 0 Å². The largest absolute Gasteiger partial charge is 0.519 e. The highest BCUT2D eigenvalue weighted by molar-refractivity contribution is 7.33. The molecule has 4 heteroatoms. The van der Waals surface area contributed by atoms with Crippen LogP contribution < -0.4 is 4.90 Å². The summed E-state index contributed by atoms with van der Waals surface area (Å²) in [6.45, 7) is 0. The first-order valence-electron chi connectivity index (χ1n) is 5.14. The molecule has 0 aliphatic heterocycles. The summed E-state index contributed by atoms with van der Waals surface area (Å²) in [5.41, 5.74) is 2.67. The van der Waals surface area contributed by atoms with Crippen LogP contribution in [0, 0.1) is 0 Å². The number of anilines is 1. The van der Waals surface area contributed by atoms with Crippen molar-refractivity contribution in [3.05, 3.63) is 29.8 Å². The topological polar surface area (TPSA) is 3.24 Å². The van der Waals surface area contributed by atoms with Crippen molar-refractivity contribution < 1.29 is 0 Å². The van der Waals surface area contributed by atoms with Gasteiger partial charge < -0.3 is 4.90 Å². The van der Waals surface area contributed by atoms with Gasteiger partial charge in [0.15, 0.2) is 0 Å². The van der Waals surface area contributed by atoms with E-state index in [1.54, 1.807) is 0 Å². The summed E-state index contributed by atoms with van der Waals surface area (Å²) >= 11 is -1.42. The van der Waals surface area contributed by atoms with Gasteiger partial charge in [0.05, 0.1) is 0 Å². The second-order valence-corrected chi connectivity index (χ2v) is 9.00. The van der Waals surface area contributed by atoms with Crippen molar-refractivity contribution in [3.8, 4) is 0 Å². The van der Waals surface area contributed by atoms with Crippen molar-refractivity contribution in [2.45, 2.75) is 18.1 Å². The summed E-state index contributed by atoms with van der Waals surface area (Å²) < 4.78 is 0. The van der Waals surface area contributed by atoms with Gasteiger partial charge in [-0.05, 0) is 18.1 Å². The van der Waals surface area contributed by atoms with Gasteiger partial charge in [-0.3, -0.25) is 0 Å². The maximum absolute atomic E-state index is 5.84. The monoisotopic (exact) mass is 259 g/mol. The first kappa shape index (κ1) is 13.2. The Bertz CT molecular complexity index is 302. The molecule has 0 fully saturated rings. The molecule has 0 amide bonds. The predicted molar refractivity (Wildman–Crippen MR) is 71.4 cm³/mol. The van der Waals surface area contributed by atoms with Crippen LogP contribution in [0.25, 0.3) is 0 Å². The van der Waals surface area contributed by atoms with E-state index in [2.05, 4.69) is 43.3 Å². The van der Waals surface area contributed by atoms with Crippen LogP contribution in [0.2, 0.25) is 5.28 Å². The number of hydrogen-bond acceptors (Lipinski definition) is 1. The summed E-state index contributed by atoms with van der Waals surface area (Å²) in [6.07, 6.45) is 2.16. The van der Waals surface area contributed by atoms with Gasteiger partial charge in [-0.15, -0.1) is 0 Å². The smallest absolute Gasteiger partial charge is 0.377 e. The first-order chi connectivity index (χ1) is 7.11. The van der Waals surface area contributed by atoms with Gasteiger partial charge in [-0.2, -0.15) is 0 Å². The highest BCUT2D eigenvalue weighted by atomic mass is 35.7. The zero-order chi connectivity index (χ0) is 11.3. The zero-order valence-electron chi connectivity index (χ0n) is 9.21. The van der Waals surface area contributed by atoms with E-state index in [1.807, 2.05) is 0 Å². The molecule has 0 aliphatic rings. The van der Waals surface area contributed by atoms with E-state index in [9.17, 15) is 0 Å². The minimum atomic E-state index is -1.42. The highest BCUT2D eigenvalue weighted by Gasteiger charge is 2.10. The molecule has 0 aliphatic carbocycles. The van der Waals surface area contributed by atoms with Crippen LogP contribution in [0.5, 0.6) is 0 Å². The van der Waals surface area contributed by atoms with Gasteiger partial charge in [-0.25, -0.2) is 20.1 Å². The molecule has 0 unspecified atom stereocenters. The third-order valence-corrected chi connectivity index (χ3v) is 4.50. The van der Waals surface area contributed by atoms with Crippen LogP contribution in [0.4, 0.5) is 5.69 Å². The van der Waals surface area contributed by atoms with Gasteiger partial charge in [0.2, 0.25) is 0 Å². The van der Waals surface area contributed by atoms with Crippen LogP contribution in [0.15, 0.2) is 24.3 Å². The van der Waals surface area contributed by atoms with Crippen LogP contribution in [-0.2, 0) is 6.42 Å². The second-order valence-electron chi connectivity index (χ2n) is 3.81. The molecule has 0 saturated carbocycles. The average Bonchev–Trinajstić information content (AvgIpc) is 2.17. The Morgan fingerprint density at radius 1 is 1.20 bits per heavy atom. The fraction of sp³-hybridized carbons (Fsp3) is 0.455. The van der Waals surface area contributed by atoms with Crippen molar-refractivity contribution in [2.24, 2.45) is 0 Å². The summed E-state index contributed by atoms with van der Waals surface area (Å²) in [5, 5.41) is 0.991. The number of benzene rings is 1. The van der Waals surface area contributed by atoms with Crippen molar-refractivity contribution in [1.29, 1.82) is 0 Å². The molecule has 0 bridgehead atoms. The molecule has 1 rings (SSSR count). The third kappa shape index (κ3) is 4.66. The lowest BCUT2D eigenvalue weighted by Gasteiger charge is -2.17. The molecule has 1 nitrogen and oxygen atoms in total. The Morgan fingerprint density at radius 3 is 2.47 bits per heavy atom. The van der Waals surface area contributed by atoms with Gasteiger partial charge in [0, 0.05) is 19.8 Å². The summed E-state index contributed by atoms with van der Waals surface area (Å²) in [5.74, 6) is 0. The Hall–Kier alpha value is 0.132. The molecule has 0 radical (unpaired) electrons. The van der Waals surface area contributed by atoms with E-state index in [-0.39, 0.29) is 0 Å². The van der Waals surface area contributed by atoms with E-state index < -0.39 is 12.3 Å². The Labute approximate surface area is 105 Å². The summed E-state index contributed by atoms with van der Waals surface area (Å²) in [7, 11) is 15.8. The van der Waals surface area contributed by atoms with E-state index in [4.69, 9.17) is 20.1 Å². The number of nitrogens with zero attached hydrogens (tertiary/aromatic N) is 1. The molecule has 0 atom stereocenters. The van der Waals surface area contributed by atoms with E-state index in [0.717, 1.165) is 18.1 Å². The lowest BCUT2D eigenvalue weighted by atomic mass is 10.1. The Kier molecular flexibility index (Phi) is 5.86. The van der Waals surface area contributed by atoms with Crippen LogP contribution >= 0.6 is 20.1 Å². The van der Waals surface area contributed by atoms with Crippen molar-refractivity contribution in [1.82, 2.24) is 0 Å². The molecule has 1 aromatic rings. The molecule has 0 spiro atoms. The number of hydrogen-bond donors (Lipinski definition) is 0. The molecule has 0 aromatic heterocycles. The summed E-state index contributed by atoms with van der Waals surface area (Å²) in [6, 6.07) is 8.47. The molecule has 82 valence electrons. The maximum Gasteiger partial charge on any atom is 0.519 e. The number of halogens is 2. The number of para-hydroxylation sites is 1. The zero-order valence-corrected chi connectivity index (χ0v) is 11.9. The van der Waals surface area contributed by atoms with Crippen molar-refractivity contribution in [2.75, 3.05) is 19.0 Å². The Morgan fingerprint density at radius 2 is 1.87 bits per heavy atom. The van der Waals surface area contributed by atoms with Gasteiger partial charge in [0.1, 0.15) is 0 Å². The lowest BCUT2D eigenvalue weighted by molar-refractivity contribution is 0.908. The molecular formula is C11H16AlCl2N. The fourth-order valence-corrected chi connectivity index (χ4v) is 3.04. The molecule has 0 N–H and O–H groups in total. The van der Waals surface area contributed by atoms with Crippen LogP contribution in [-0.4, -0.2) is 26.4 Å². The van der Waals surface area contributed by atoms with Crippen molar-refractivity contribution >= 4 is 38.1 Å². The predicted octanol–water partition coefficient (Wildman–Crippen LogP) is 3.65. The standard InChI is InChI=1S/C11H16N.Al.2ClH/c1-4-7-10-8-5-6-9-11(10)12(2)3;;;/h5-6,8-9H,1,4,7H2,2-3H3;;2*1H/q;+2;;/p-2. The minimum absolute atomic E-state index is 0.991. The normalized spacial score (nSPS) is 10.1. The highest BCUT2D eigenvalue weighted by Crippen LogP contribution is 2.20. The lowest BCUT2D eigenvalue weighted by Crippen LogP contribution is -2.11. The Balaban J connectivity index is 2.59. The SMILES string of the molecule is CN(C)c1ccccc1CC[CH2][Al]([Cl])[Cl]. The maximum atomic E-state index is 5.84.